The Balaban J connectivity index is 2.04. The van der Waals surface area contributed by atoms with Crippen LogP contribution < -0.4 is 5.32 Å². The van der Waals surface area contributed by atoms with Gasteiger partial charge in [0.05, 0.1) is 6.10 Å². The lowest BCUT2D eigenvalue weighted by atomic mass is 9.67. The van der Waals surface area contributed by atoms with E-state index in [4.69, 9.17) is 0 Å². The second-order valence-electron chi connectivity index (χ2n) is 4.67. The highest BCUT2D eigenvalue weighted by Gasteiger charge is 2.38. The van der Waals surface area contributed by atoms with Gasteiger partial charge in [0, 0.05) is 6.04 Å². The smallest absolute Gasteiger partial charge is 0.0696 e. The van der Waals surface area contributed by atoms with Crippen LogP contribution in [0.25, 0.3) is 0 Å². The van der Waals surface area contributed by atoms with Crippen molar-refractivity contribution in [1.29, 1.82) is 0 Å². The first-order valence-electron chi connectivity index (χ1n) is 5.68. The largest absolute Gasteiger partial charge is 0.391 e. The number of aliphatic hydroxyl groups excluding tert-OH is 1. The molecule has 2 nitrogen and oxygen atoms in total. The molecule has 0 radical (unpaired) electrons. The number of likely N-dealkylation sites (N-methyl/N-ethyl adjacent to an activating group) is 1. The Bertz CT molecular complexity index is 171. The molecule has 0 spiro atoms. The summed E-state index contributed by atoms with van der Waals surface area (Å²) in [6, 6.07) is 0.374. The summed E-state index contributed by atoms with van der Waals surface area (Å²) < 4.78 is 0. The molecule has 4 atom stereocenters. The number of rotatable bonds is 1. The molecule has 13 heavy (non-hydrogen) atoms. The predicted molar refractivity (Wildman–Crippen MR) is 53.5 cm³/mol. The second kappa shape index (κ2) is 3.97. The van der Waals surface area contributed by atoms with Crippen LogP contribution >= 0.6 is 0 Å². The van der Waals surface area contributed by atoms with E-state index in [9.17, 15) is 5.11 Å². The standard InChI is InChI=1S/C11H21NO/c1-12-11-9-5-3-2-4-8(9)6-7-10(11)13/h8-13H,2-7H2,1H3/t8?,9?,10-,11+/m1/s1. The Morgan fingerprint density at radius 3 is 2.62 bits per heavy atom. The molecule has 0 aromatic rings. The van der Waals surface area contributed by atoms with Crippen molar-refractivity contribution in [2.75, 3.05) is 7.05 Å². The van der Waals surface area contributed by atoms with E-state index in [0.717, 1.165) is 18.3 Å². The van der Waals surface area contributed by atoms with E-state index in [-0.39, 0.29) is 6.10 Å². The summed E-state index contributed by atoms with van der Waals surface area (Å²) in [5.74, 6) is 1.65. The van der Waals surface area contributed by atoms with Gasteiger partial charge in [0.15, 0.2) is 0 Å². The summed E-state index contributed by atoms with van der Waals surface area (Å²) in [5, 5.41) is 13.1. The molecule has 2 heteroatoms. The first kappa shape index (κ1) is 9.47. The van der Waals surface area contributed by atoms with Crippen LogP contribution in [0.1, 0.15) is 38.5 Å². The highest BCUT2D eigenvalue weighted by atomic mass is 16.3. The molecule has 2 rings (SSSR count). The Hall–Kier alpha value is -0.0800. The SMILES string of the molecule is CN[C@H]1C2CCCCC2CC[C@H]1O. The molecule has 0 aromatic carbocycles. The van der Waals surface area contributed by atoms with Crippen molar-refractivity contribution in [3.05, 3.63) is 0 Å². The highest BCUT2D eigenvalue weighted by molar-refractivity contribution is 4.93. The summed E-state index contributed by atoms with van der Waals surface area (Å²) >= 11 is 0. The van der Waals surface area contributed by atoms with Gasteiger partial charge in [-0.3, -0.25) is 0 Å². The fraction of sp³-hybridized carbons (Fsp3) is 1.00. The van der Waals surface area contributed by atoms with Crippen LogP contribution in [0.4, 0.5) is 0 Å². The molecule has 2 N–H and O–H groups in total. The number of fused-ring (bicyclic) bond motifs is 1. The fourth-order valence-corrected chi connectivity index (χ4v) is 3.32. The minimum atomic E-state index is -0.0932. The summed E-state index contributed by atoms with van der Waals surface area (Å²) in [4.78, 5) is 0. The van der Waals surface area contributed by atoms with Gasteiger partial charge >= 0.3 is 0 Å². The zero-order valence-electron chi connectivity index (χ0n) is 8.50. The van der Waals surface area contributed by atoms with E-state index < -0.39 is 0 Å². The van der Waals surface area contributed by atoms with Gasteiger partial charge < -0.3 is 10.4 Å². The minimum Gasteiger partial charge on any atom is -0.391 e. The van der Waals surface area contributed by atoms with E-state index in [0.29, 0.717) is 6.04 Å². The van der Waals surface area contributed by atoms with Gasteiger partial charge in [-0.1, -0.05) is 19.3 Å². The van der Waals surface area contributed by atoms with Gasteiger partial charge in [-0.2, -0.15) is 0 Å². The molecule has 0 saturated heterocycles. The van der Waals surface area contributed by atoms with Gasteiger partial charge in [-0.15, -0.1) is 0 Å². The molecule has 2 aliphatic carbocycles. The molecule has 0 bridgehead atoms. The third kappa shape index (κ3) is 1.75. The predicted octanol–water partition coefficient (Wildman–Crippen LogP) is 1.54. The maximum atomic E-state index is 9.85. The molecule has 2 saturated carbocycles. The van der Waals surface area contributed by atoms with Crippen LogP contribution in [-0.2, 0) is 0 Å². The van der Waals surface area contributed by atoms with Crippen LogP contribution in [0.3, 0.4) is 0 Å². The number of aliphatic hydroxyl groups is 1. The van der Waals surface area contributed by atoms with Gasteiger partial charge in [0.2, 0.25) is 0 Å². The van der Waals surface area contributed by atoms with Crippen molar-refractivity contribution in [1.82, 2.24) is 5.32 Å². The Kier molecular flexibility index (Phi) is 2.89. The van der Waals surface area contributed by atoms with E-state index in [1.807, 2.05) is 7.05 Å². The van der Waals surface area contributed by atoms with Crippen LogP contribution in [0.15, 0.2) is 0 Å². The Morgan fingerprint density at radius 1 is 1.08 bits per heavy atom. The molecule has 2 fully saturated rings. The fourth-order valence-electron chi connectivity index (χ4n) is 3.32. The summed E-state index contributed by atoms with van der Waals surface area (Å²) in [7, 11) is 1.99. The molecule has 0 aliphatic heterocycles. The maximum Gasteiger partial charge on any atom is 0.0696 e. The molecule has 0 amide bonds. The van der Waals surface area contributed by atoms with E-state index in [1.165, 1.54) is 32.1 Å². The Labute approximate surface area is 80.7 Å². The molecule has 0 heterocycles. The quantitative estimate of drug-likeness (QED) is 0.646. The van der Waals surface area contributed by atoms with Crippen molar-refractivity contribution in [3.63, 3.8) is 0 Å². The van der Waals surface area contributed by atoms with Crippen molar-refractivity contribution in [3.8, 4) is 0 Å². The molecular weight excluding hydrogens is 162 g/mol. The van der Waals surface area contributed by atoms with Gasteiger partial charge in [0.25, 0.3) is 0 Å². The lowest BCUT2D eigenvalue weighted by molar-refractivity contribution is 0.0130. The number of hydrogen-bond donors (Lipinski definition) is 2. The summed E-state index contributed by atoms with van der Waals surface area (Å²) in [6.45, 7) is 0. The van der Waals surface area contributed by atoms with Crippen LogP contribution in [-0.4, -0.2) is 24.3 Å². The van der Waals surface area contributed by atoms with E-state index >= 15 is 0 Å². The molecule has 76 valence electrons. The monoisotopic (exact) mass is 183 g/mol. The molecule has 2 aliphatic rings. The normalized spacial score (nSPS) is 45.7. The van der Waals surface area contributed by atoms with Crippen molar-refractivity contribution in [2.24, 2.45) is 11.8 Å². The third-order valence-corrected chi connectivity index (χ3v) is 4.01. The minimum absolute atomic E-state index is 0.0932. The van der Waals surface area contributed by atoms with Gasteiger partial charge in [0.1, 0.15) is 0 Å². The van der Waals surface area contributed by atoms with Gasteiger partial charge in [-0.05, 0) is 38.1 Å². The lowest BCUT2D eigenvalue weighted by Crippen LogP contribution is -2.50. The molecule has 2 unspecified atom stereocenters. The maximum absolute atomic E-state index is 9.85. The zero-order valence-corrected chi connectivity index (χ0v) is 8.50. The van der Waals surface area contributed by atoms with Crippen molar-refractivity contribution < 1.29 is 5.11 Å². The first-order valence-corrected chi connectivity index (χ1v) is 5.68. The molecule has 0 aromatic heterocycles. The second-order valence-corrected chi connectivity index (χ2v) is 4.67. The Morgan fingerprint density at radius 2 is 1.85 bits per heavy atom. The van der Waals surface area contributed by atoms with Crippen molar-refractivity contribution in [2.45, 2.75) is 50.7 Å². The average molecular weight is 183 g/mol. The van der Waals surface area contributed by atoms with Crippen LogP contribution in [0.2, 0.25) is 0 Å². The van der Waals surface area contributed by atoms with Crippen molar-refractivity contribution >= 4 is 0 Å². The summed E-state index contributed by atoms with van der Waals surface area (Å²) in [5.41, 5.74) is 0. The number of nitrogens with one attached hydrogen (secondary N) is 1. The zero-order chi connectivity index (χ0) is 9.26. The van der Waals surface area contributed by atoms with E-state index in [2.05, 4.69) is 5.32 Å². The summed E-state index contributed by atoms with van der Waals surface area (Å²) in [6.07, 6.45) is 7.67. The topological polar surface area (TPSA) is 32.3 Å². The van der Waals surface area contributed by atoms with Gasteiger partial charge in [-0.25, -0.2) is 0 Å². The van der Waals surface area contributed by atoms with Crippen LogP contribution in [0, 0.1) is 11.8 Å². The van der Waals surface area contributed by atoms with Crippen LogP contribution in [0.5, 0.6) is 0 Å². The average Bonchev–Trinajstić information content (AvgIpc) is 2.18. The third-order valence-electron chi connectivity index (χ3n) is 4.01. The highest BCUT2D eigenvalue weighted by Crippen LogP contribution is 2.40. The lowest BCUT2D eigenvalue weighted by Gasteiger charge is -2.43. The van der Waals surface area contributed by atoms with E-state index in [1.54, 1.807) is 0 Å². The first-order chi connectivity index (χ1) is 6.33. The molecular formula is C11H21NO. The number of hydrogen-bond acceptors (Lipinski definition) is 2.